The summed E-state index contributed by atoms with van der Waals surface area (Å²) < 4.78 is 5.68. The molecule has 0 N–H and O–H groups in total. The number of fused-ring (bicyclic) bond motifs is 3. The number of methoxy groups -OCH3 is 1. The Labute approximate surface area is 129 Å². The van der Waals surface area contributed by atoms with Crippen LogP contribution in [0.3, 0.4) is 0 Å². The molecule has 2 atom stereocenters. The zero-order valence-corrected chi connectivity index (χ0v) is 14.1. The minimum Gasteiger partial charge on any atom is -0.496 e. The molecule has 1 heteroatoms. The molecule has 0 saturated heterocycles. The van der Waals surface area contributed by atoms with Crippen LogP contribution in [0.2, 0.25) is 0 Å². The minimum absolute atomic E-state index is 0.418. The first-order chi connectivity index (χ1) is 9.94. The third kappa shape index (κ3) is 2.41. The maximum atomic E-state index is 5.68. The Morgan fingerprint density at radius 2 is 2.00 bits per heavy atom. The highest BCUT2D eigenvalue weighted by Crippen LogP contribution is 2.53. The zero-order chi connectivity index (χ0) is 15.2. The van der Waals surface area contributed by atoms with E-state index in [1.165, 1.54) is 36.0 Å². The normalized spacial score (nSPS) is 26.4. The van der Waals surface area contributed by atoms with Crippen LogP contribution in [0.1, 0.15) is 75.5 Å². The molecule has 0 aliphatic heterocycles. The van der Waals surface area contributed by atoms with E-state index in [4.69, 9.17) is 4.74 Å². The van der Waals surface area contributed by atoms with E-state index >= 15 is 0 Å². The van der Waals surface area contributed by atoms with E-state index in [9.17, 15) is 0 Å². The van der Waals surface area contributed by atoms with Crippen LogP contribution < -0.4 is 4.74 Å². The molecular formula is C20H28O. The first-order valence-electron chi connectivity index (χ1n) is 8.34. The van der Waals surface area contributed by atoms with Crippen molar-refractivity contribution in [2.45, 2.75) is 58.8 Å². The van der Waals surface area contributed by atoms with Crippen LogP contribution in [0.15, 0.2) is 18.2 Å². The number of hydrogen-bond acceptors (Lipinski definition) is 1. The van der Waals surface area contributed by atoms with Crippen molar-refractivity contribution < 1.29 is 4.74 Å². The van der Waals surface area contributed by atoms with E-state index in [-0.39, 0.29) is 0 Å². The minimum atomic E-state index is 0.418. The Balaban J connectivity index is 2.09. The average Bonchev–Trinajstić information content (AvgIpc) is 2.45. The van der Waals surface area contributed by atoms with E-state index in [0.29, 0.717) is 23.2 Å². The van der Waals surface area contributed by atoms with Gasteiger partial charge in [0.05, 0.1) is 7.11 Å². The van der Waals surface area contributed by atoms with Crippen molar-refractivity contribution in [3.63, 3.8) is 0 Å². The van der Waals surface area contributed by atoms with Crippen molar-refractivity contribution >= 4 is 6.08 Å². The summed E-state index contributed by atoms with van der Waals surface area (Å²) in [5.41, 5.74) is 4.67. The van der Waals surface area contributed by atoms with Crippen molar-refractivity contribution in [1.82, 2.24) is 0 Å². The van der Waals surface area contributed by atoms with E-state index < -0.39 is 0 Å². The van der Waals surface area contributed by atoms with Gasteiger partial charge >= 0.3 is 0 Å². The van der Waals surface area contributed by atoms with Crippen molar-refractivity contribution in [1.29, 1.82) is 0 Å². The molecule has 1 nitrogen and oxygen atoms in total. The molecule has 1 aromatic rings. The van der Waals surface area contributed by atoms with Crippen LogP contribution in [0.4, 0.5) is 0 Å². The van der Waals surface area contributed by atoms with Crippen LogP contribution in [0.25, 0.3) is 6.08 Å². The summed E-state index contributed by atoms with van der Waals surface area (Å²) in [5.74, 6) is 2.91. The van der Waals surface area contributed by atoms with E-state index in [0.717, 1.165) is 5.75 Å². The Morgan fingerprint density at radius 1 is 1.24 bits per heavy atom. The van der Waals surface area contributed by atoms with Gasteiger partial charge in [-0.1, -0.05) is 46.3 Å². The molecule has 1 aromatic carbocycles. The molecule has 0 radical (unpaired) electrons. The zero-order valence-electron chi connectivity index (χ0n) is 14.1. The smallest absolute Gasteiger partial charge is 0.122 e. The second kappa shape index (κ2) is 5.19. The lowest BCUT2D eigenvalue weighted by Gasteiger charge is -2.45. The molecule has 2 unspecified atom stereocenters. The van der Waals surface area contributed by atoms with Crippen LogP contribution >= 0.6 is 0 Å². The van der Waals surface area contributed by atoms with Gasteiger partial charge in [-0.3, -0.25) is 0 Å². The summed E-state index contributed by atoms with van der Waals surface area (Å²) in [7, 11) is 1.80. The molecule has 0 spiro atoms. The second-order valence-corrected chi connectivity index (χ2v) is 7.75. The third-order valence-electron chi connectivity index (χ3n) is 5.61. The van der Waals surface area contributed by atoms with Crippen LogP contribution in [-0.4, -0.2) is 7.11 Å². The van der Waals surface area contributed by atoms with Crippen molar-refractivity contribution in [3.8, 4) is 5.75 Å². The molecule has 21 heavy (non-hydrogen) atoms. The van der Waals surface area contributed by atoms with E-state index in [1.54, 1.807) is 7.11 Å². The fourth-order valence-electron chi connectivity index (χ4n) is 4.34. The SMILES string of the molecule is COc1cc2c(cc1C(C)C)C=CC1C2CCCC1(C)C. The van der Waals surface area contributed by atoms with Gasteiger partial charge in [-0.2, -0.15) is 0 Å². The predicted molar refractivity (Wildman–Crippen MR) is 90.0 cm³/mol. The molecule has 114 valence electrons. The Hall–Kier alpha value is -1.24. The molecule has 1 saturated carbocycles. The molecule has 2 aliphatic rings. The van der Waals surface area contributed by atoms with E-state index in [2.05, 4.69) is 52.0 Å². The van der Waals surface area contributed by atoms with Gasteiger partial charge in [0, 0.05) is 0 Å². The number of hydrogen-bond donors (Lipinski definition) is 0. The summed E-state index contributed by atoms with van der Waals surface area (Å²) in [6.45, 7) is 9.34. The quantitative estimate of drug-likeness (QED) is 0.671. The van der Waals surface area contributed by atoms with Gasteiger partial charge in [-0.15, -0.1) is 0 Å². The standard InChI is InChI=1S/C20H28O/c1-13(2)16-11-14-8-9-18-15(7-6-10-20(18,3)4)17(14)12-19(16)21-5/h8-9,11-13,15,18H,6-7,10H2,1-5H3. The highest BCUT2D eigenvalue weighted by molar-refractivity contribution is 5.63. The van der Waals surface area contributed by atoms with Crippen LogP contribution in [-0.2, 0) is 0 Å². The molecule has 3 rings (SSSR count). The topological polar surface area (TPSA) is 9.23 Å². The predicted octanol–water partition coefficient (Wildman–Crippen LogP) is 5.76. The molecule has 2 aliphatic carbocycles. The van der Waals surface area contributed by atoms with Crippen molar-refractivity contribution in [2.75, 3.05) is 7.11 Å². The summed E-state index contributed by atoms with van der Waals surface area (Å²) in [5, 5.41) is 0. The summed E-state index contributed by atoms with van der Waals surface area (Å²) >= 11 is 0. The lowest BCUT2D eigenvalue weighted by molar-refractivity contribution is 0.150. The molecular weight excluding hydrogens is 256 g/mol. The highest BCUT2D eigenvalue weighted by atomic mass is 16.5. The largest absolute Gasteiger partial charge is 0.496 e. The van der Waals surface area contributed by atoms with Crippen molar-refractivity contribution in [2.24, 2.45) is 11.3 Å². The fraction of sp³-hybridized carbons (Fsp3) is 0.600. The number of allylic oxidation sites excluding steroid dienone is 1. The monoisotopic (exact) mass is 284 g/mol. The van der Waals surface area contributed by atoms with E-state index in [1.807, 2.05) is 0 Å². The van der Waals surface area contributed by atoms with Gasteiger partial charge in [0.2, 0.25) is 0 Å². The van der Waals surface area contributed by atoms with Gasteiger partial charge in [0.15, 0.2) is 0 Å². The fourth-order valence-corrected chi connectivity index (χ4v) is 4.34. The summed E-state index contributed by atoms with van der Waals surface area (Å²) in [4.78, 5) is 0. The first kappa shape index (κ1) is 14.7. The molecule has 0 bridgehead atoms. The van der Waals surface area contributed by atoms with Gasteiger partial charge in [-0.05, 0) is 64.8 Å². The van der Waals surface area contributed by atoms with Gasteiger partial charge in [-0.25, -0.2) is 0 Å². The van der Waals surface area contributed by atoms with Crippen molar-refractivity contribution in [3.05, 3.63) is 34.9 Å². The molecule has 0 aromatic heterocycles. The summed E-state index contributed by atoms with van der Waals surface area (Å²) in [6.07, 6.45) is 8.83. The van der Waals surface area contributed by atoms with Crippen LogP contribution in [0.5, 0.6) is 5.75 Å². The number of rotatable bonds is 2. The Bertz CT molecular complexity index is 565. The summed E-state index contributed by atoms with van der Waals surface area (Å²) in [6, 6.07) is 4.68. The Morgan fingerprint density at radius 3 is 2.67 bits per heavy atom. The third-order valence-corrected chi connectivity index (χ3v) is 5.61. The lowest BCUT2D eigenvalue weighted by Crippen LogP contribution is -2.34. The van der Waals surface area contributed by atoms with Gasteiger partial charge < -0.3 is 4.74 Å². The maximum Gasteiger partial charge on any atom is 0.122 e. The highest BCUT2D eigenvalue weighted by Gasteiger charge is 2.40. The number of benzene rings is 1. The molecule has 0 heterocycles. The molecule has 0 amide bonds. The van der Waals surface area contributed by atoms with Gasteiger partial charge in [0.25, 0.3) is 0 Å². The lowest BCUT2D eigenvalue weighted by atomic mass is 9.59. The molecule has 1 fully saturated rings. The second-order valence-electron chi connectivity index (χ2n) is 7.75. The maximum absolute atomic E-state index is 5.68. The van der Waals surface area contributed by atoms with Crippen LogP contribution in [0, 0.1) is 11.3 Å². The average molecular weight is 284 g/mol. The number of ether oxygens (including phenoxy) is 1. The van der Waals surface area contributed by atoms with Gasteiger partial charge in [0.1, 0.15) is 5.75 Å². The Kier molecular flexibility index (Phi) is 3.63. The first-order valence-corrected chi connectivity index (χ1v) is 8.34.